The number of anilines is 1. The van der Waals surface area contributed by atoms with Crippen molar-refractivity contribution in [3.05, 3.63) is 28.3 Å². The van der Waals surface area contributed by atoms with Crippen molar-refractivity contribution in [1.29, 1.82) is 0 Å². The average Bonchev–Trinajstić information content (AvgIpc) is 2.98. The number of aromatic nitrogens is 3. The molecule has 0 spiro atoms. The van der Waals surface area contributed by atoms with Crippen LogP contribution in [0, 0.1) is 0 Å². The molecule has 6 nitrogen and oxygen atoms in total. The van der Waals surface area contributed by atoms with Gasteiger partial charge < -0.3 is 11.1 Å². The zero-order valence-corrected chi connectivity index (χ0v) is 11.1. The van der Waals surface area contributed by atoms with Gasteiger partial charge in [0.05, 0.1) is 11.2 Å². The number of hydrogen-bond donors (Lipinski definition) is 2. The number of thiazole rings is 1. The first kappa shape index (κ1) is 12.6. The molecule has 2 aromatic rings. The van der Waals surface area contributed by atoms with E-state index in [0.29, 0.717) is 17.9 Å². The first-order chi connectivity index (χ1) is 8.59. The summed E-state index contributed by atoms with van der Waals surface area (Å²) in [7, 11) is 1.70. The fourth-order valence-electron chi connectivity index (χ4n) is 1.53. The Hall–Kier alpha value is -1.89. The number of hydrogen-bond acceptors (Lipinski definition) is 5. The Morgan fingerprint density at radius 3 is 3.00 bits per heavy atom. The number of nitrogen functional groups attached to an aromatic ring is 1. The Balaban J connectivity index is 1.95. The highest BCUT2D eigenvalue weighted by molar-refractivity contribution is 7.09. The van der Waals surface area contributed by atoms with Crippen LogP contribution in [0.3, 0.4) is 0 Å². The second kappa shape index (κ2) is 5.18. The zero-order valence-electron chi connectivity index (χ0n) is 10.3. The number of amides is 1. The van der Waals surface area contributed by atoms with Crippen LogP contribution in [0.5, 0.6) is 0 Å². The fraction of sp³-hybridized carbons (Fsp3) is 0.364. The predicted octanol–water partition coefficient (Wildman–Crippen LogP) is 0.992. The van der Waals surface area contributed by atoms with E-state index < -0.39 is 0 Å². The first-order valence-corrected chi connectivity index (χ1v) is 6.42. The molecule has 0 saturated carbocycles. The lowest BCUT2D eigenvalue weighted by atomic mass is 10.2. The summed E-state index contributed by atoms with van der Waals surface area (Å²) in [6.07, 6.45) is 3.23. The van der Waals surface area contributed by atoms with Crippen LogP contribution < -0.4 is 11.1 Å². The van der Waals surface area contributed by atoms with Crippen LogP contribution in [-0.2, 0) is 7.05 Å². The van der Waals surface area contributed by atoms with Gasteiger partial charge >= 0.3 is 0 Å². The lowest BCUT2D eigenvalue weighted by Crippen LogP contribution is -2.27. The van der Waals surface area contributed by atoms with Crippen molar-refractivity contribution in [3.8, 4) is 0 Å². The molecule has 0 saturated heterocycles. The topological polar surface area (TPSA) is 85.8 Å². The molecule has 1 unspecified atom stereocenters. The quantitative estimate of drug-likeness (QED) is 0.863. The molecule has 2 heterocycles. The standard InChI is InChI=1S/C11H15N5OS/c1-7(11-13-3-4-18-11)5-14-10(17)8-6-15-16(2)9(8)12/h3-4,6-7H,5,12H2,1-2H3,(H,14,17). The van der Waals surface area contributed by atoms with Crippen LogP contribution in [-0.4, -0.2) is 27.2 Å². The van der Waals surface area contributed by atoms with Crippen molar-refractivity contribution in [2.45, 2.75) is 12.8 Å². The van der Waals surface area contributed by atoms with Crippen LogP contribution in [0.1, 0.15) is 28.2 Å². The third-order valence-electron chi connectivity index (χ3n) is 2.67. The molecule has 0 fully saturated rings. The van der Waals surface area contributed by atoms with E-state index in [0.717, 1.165) is 5.01 Å². The highest BCUT2D eigenvalue weighted by Crippen LogP contribution is 2.17. The highest BCUT2D eigenvalue weighted by Gasteiger charge is 2.15. The molecule has 0 aliphatic heterocycles. The van der Waals surface area contributed by atoms with E-state index in [9.17, 15) is 4.79 Å². The Morgan fingerprint density at radius 1 is 1.67 bits per heavy atom. The Kier molecular flexibility index (Phi) is 3.61. The third kappa shape index (κ3) is 2.51. The van der Waals surface area contributed by atoms with Gasteiger partial charge in [-0.3, -0.25) is 9.48 Å². The van der Waals surface area contributed by atoms with Gasteiger partial charge in [-0.15, -0.1) is 11.3 Å². The minimum Gasteiger partial charge on any atom is -0.383 e. The van der Waals surface area contributed by atoms with Gasteiger partial charge in [-0.1, -0.05) is 6.92 Å². The zero-order chi connectivity index (χ0) is 13.1. The number of carbonyl (C=O) groups is 1. The number of nitrogens with zero attached hydrogens (tertiary/aromatic N) is 3. The van der Waals surface area contributed by atoms with Crippen LogP contribution in [0.25, 0.3) is 0 Å². The van der Waals surface area contributed by atoms with E-state index in [-0.39, 0.29) is 11.8 Å². The van der Waals surface area contributed by atoms with Gasteiger partial charge in [0.15, 0.2) is 0 Å². The Morgan fingerprint density at radius 2 is 2.44 bits per heavy atom. The molecule has 96 valence electrons. The largest absolute Gasteiger partial charge is 0.383 e. The number of nitrogens with one attached hydrogen (secondary N) is 1. The summed E-state index contributed by atoms with van der Waals surface area (Å²) in [6.45, 7) is 2.55. The molecular formula is C11H15N5OS. The van der Waals surface area contributed by atoms with Gasteiger partial charge in [0.1, 0.15) is 11.4 Å². The predicted molar refractivity (Wildman–Crippen MR) is 70.5 cm³/mol. The molecule has 0 aliphatic rings. The summed E-state index contributed by atoms with van der Waals surface area (Å²) >= 11 is 1.58. The lowest BCUT2D eigenvalue weighted by molar-refractivity contribution is 0.0952. The van der Waals surface area contributed by atoms with Gasteiger partial charge in [0.2, 0.25) is 0 Å². The Labute approximate surface area is 109 Å². The van der Waals surface area contributed by atoms with E-state index in [1.165, 1.54) is 10.9 Å². The molecule has 2 rings (SSSR count). The van der Waals surface area contributed by atoms with Crippen LogP contribution >= 0.6 is 11.3 Å². The van der Waals surface area contributed by atoms with Crippen molar-refractivity contribution in [1.82, 2.24) is 20.1 Å². The van der Waals surface area contributed by atoms with Crippen molar-refractivity contribution in [2.75, 3.05) is 12.3 Å². The maximum atomic E-state index is 11.9. The average molecular weight is 265 g/mol. The number of rotatable bonds is 4. The normalized spacial score (nSPS) is 12.3. The van der Waals surface area contributed by atoms with Gasteiger partial charge in [0, 0.05) is 31.1 Å². The summed E-state index contributed by atoms with van der Waals surface area (Å²) in [4.78, 5) is 16.1. The van der Waals surface area contributed by atoms with Gasteiger partial charge in [-0.2, -0.15) is 5.10 Å². The summed E-state index contributed by atoms with van der Waals surface area (Å²) < 4.78 is 1.47. The molecule has 0 bridgehead atoms. The molecule has 0 radical (unpaired) electrons. The minimum atomic E-state index is -0.205. The number of nitrogens with two attached hydrogens (primary N) is 1. The van der Waals surface area contributed by atoms with Crippen molar-refractivity contribution >= 4 is 23.1 Å². The SMILES string of the molecule is CC(CNC(=O)c1cnn(C)c1N)c1nccs1. The maximum absolute atomic E-state index is 11.9. The van der Waals surface area contributed by atoms with Crippen molar-refractivity contribution in [2.24, 2.45) is 7.05 Å². The van der Waals surface area contributed by atoms with Gasteiger partial charge in [-0.05, 0) is 0 Å². The van der Waals surface area contributed by atoms with E-state index in [1.54, 1.807) is 24.6 Å². The second-order valence-electron chi connectivity index (χ2n) is 4.05. The molecule has 18 heavy (non-hydrogen) atoms. The van der Waals surface area contributed by atoms with E-state index in [4.69, 9.17) is 5.73 Å². The summed E-state index contributed by atoms with van der Waals surface area (Å²) in [5, 5.41) is 9.70. The summed E-state index contributed by atoms with van der Waals surface area (Å²) in [5.74, 6) is 0.352. The summed E-state index contributed by atoms with van der Waals surface area (Å²) in [5.41, 5.74) is 6.14. The maximum Gasteiger partial charge on any atom is 0.256 e. The molecule has 0 aliphatic carbocycles. The van der Waals surface area contributed by atoms with Crippen LogP contribution in [0.15, 0.2) is 17.8 Å². The fourth-order valence-corrected chi connectivity index (χ4v) is 2.23. The van der Waals surface area contributed by atoms with E-state index >= 15 is 0 Å². The van der Waals surface area contributed by atoms with Crippen LogP contribution in [0.4, 0.5) is 5.82 Å². The molecule has 7 heteroatoms. The molecule has 1 amide bonds. The molecular weight excluding hydrogens is 250 g/mol. The van der Waals surface area contributed by atoms with Crippen molar-refractivity contribution in [3.63, 3.8) is 0 Å². The Bertz CT molecular complexity index is 534. The van der Waals surface area contributed by atoms with Crippen molar-refractivity contribution < 1.29 is 4.79 Å². The molecule has 2 aromatic heterocycles. The van der Waals surface area contributed by atoms with E-state index in [1.807, 2.05) is 12.3 Å². The number of carbonyl (C=O) groups excluding carboxylic acids is 1. The van der Waals surface area contributed by atoms with Gasteiger partial charge in [-0.25, -0.2) is 4.98 Å². The summed E-state index contributed by atoms with van der Waals surface area (Å²) in [6, 6.07) is 0. The number of aryl methyl sites for hydroxylation is 1. The third-order valence-corrected chi connectivity index (χ3v) is 3.68. The lowest BCUT2D eigenvalue weighted by Gasteiger charge is -2.09. The second-order valence-corrected chi connectivity index (χ2v) is 4.97. The minimum absolute atomic E-state index is 0.187. The first-order valence-electron chi connectivity index (χ1n) is 5.54. The highest BCUT2D eigenvalue weighted by atomic mass is 32.1. The monoisotopic (exact) mass is 265 g/mol. The molecule has 1 atom stereocenters. The molecule has 0 aromatic carbocycles. The van der Waals surface area contributed by atoms with Crippen LogP contribution in [0.2, 0.25) is 0 Å². The van der Waals surface area contributed by atoms with Gasteiger partial charge in [0.25, 0.3) is 5.91 Å². The smallest absolute Gasteiger partial charge is 0.256 e. The molecule has 3 N–H and O–H groups in total. The van der Waals surface area contributed by atoms with E-state index in [2.05, 4.69) is 15.4 Å².